The molecule has 0 bridgehead atoms. The summed E-state index contributed by atoms with van der Waals surface area (Å²) in [5, 5.41) is 3.50. The summed E-state index contributed by atoms with van der Waals surface area (Å²) in [7, 11) is 0. The maximum absolute atomic E-state index is 13.2. The van der Waals surface area contributed by atoms with Crippen LogP contribution in [0.1, 0.15) is 38.3 Å². The molecule has 0 aliphatic carbocycles. The summed E-state index contributed by atoms with van der Waals surface area (Å²) >= 11 is 6.05. The van der Waals surface area contributed by atoms with Gasteiger partial charge >= 0.3 is 18.0 Å². The minimum absolute atomic E-state index is 0.129. The number of amides is 2. The predicted molar refractivity (Wildman–Crippen MR) is 129 cm³/mol. The highest BCUT2D eigenvalue weighted by Crippen LogP contribution is 2.33. The number of nitrogens with zero attached hydrogens (tertiary/aromatic N) is 2. The molecule has 2 aliphatic rings. The fourth-order valence-corrected chi connectivity index (χ4v) is 4.48. The number of esters is 2. The molecule has 0 aromatic heterocycles. The minimum atomic E-state index is -0.669. The van der Waals surface area contributed by atoms with Crippen LogP contribution in [0.15, 0.2) is 48.2 Å². The van der Waals surface area contributed by atoms with Gasteiger partial charge in [-0.25, -0.2) is 9.59 Å². The van der Waals surface area contributed by atoms with Gasteiger partial charge in [0.1, 0.15) is 0 Å². The number of rotatable bonds is 9. The number of likely N-dealkylation sites (tertiary alicyclic amines) is 1. The van der Waals surface area contributed by atoms with Crippen LogP contribution in [0.3, 0.4) is 0 Å². The fourth-order valence-electron chi connectivity index (χ4n) is 4.35. The molecule has 2 aliphatic heterocycles. The van der Waals surface area contributed by atoms with Crippen molar-refractivity contribution in [1.29, 1.82) is 0 Å². The van der Waals surface area contributed by atoms with Crippen molar-refractivity contribution in [3.8, 4) is 0 Å². The highest BCUT2D eigenvalue weighted by molar-refractivity contribution is 6.30. The Morgan fingerprint density at radius 2 is 1.79 bits per heavy atom. The Morgan fingerprint density at radius 3 is 2.38 bits per heavy atom. The number of ether oxygens (including phenoxy) is 2. The third-order valence-electron chi connectivity index (χ3n) is 6.03. The van der Waals surface area contributed by atoms with Gasteiger partial charge in [-0.05, 0) is 57.5 Å². The van der Waals surface area contributed by atoms with Crippen molar-refractivity contribution in [3.05, 3.63) is 58.8 Å². The second kappa shape index (κ2) is 12.0. The number of halogens is 1. The summed E-state index contributed by atoms with van der Waals surface area (Å²) in [6.45, 7) is 9.82. The van der Waals surface area contributed by atoms with Gasteiger partial charge in [-0.3, -0.25) is 14.6 Å². The largest absolute Gasteiger partial charge is 0.466 e. The SMILES string of the molecule is C=CCN1C(=O)NC(c2ccc(Cl)cc2)C(C(=O)OCC)=C1CN1CCC(C(=O)OCC)CC1. The van der Waals surface area contributed by atoms with Crippen molar-refractivity contribution in [2.75, 3.05) is 39.4 Å². The lowest BCUT2D eigenvalue weighted by Crippen LogP contribution is -2.51. The lowest BCUT2D eigenvalue weighted by atomic mass is 9.93. The number of carbonyl (C=O) groups excluding carboxylic acids is 3. The predicted octanol–water partition coefficient (Wildman–Crippen LogP) is 3.68. The third-order valence-corrected chi connectivity index (χ3v) is 6.28. The smallest absolute Gasteiger partial charge is 0.338 e. The molecule has 9 heteroatoms. The Labute approximate surface area is 205 Å². The van der Waals surface area contributed by atoms with Crippen molar-refractivity contribution in [2.24, 2.45) is 5.92 Å². The molecule has 8 nitrogen and oxygen atoms in total. The van der Waals surface area contributed by atoms with Gasteiger partial charge in [0.05, 0.1) is 30.7 Å². The van der Waals surface area contributed by atoms with Crippen LogP contribution in [0.2, 0.25) is 5.02 Å². The van der Waals surface area contributed by atoms with Crippen molar-refractivity contribution in [2.45, 2.75) is 32.7 Å². The van der Waals surface area contributed by atoms with Crippen LogP contribution in [0.5, 0.6) is 0 Å². The molecule has 3 rings (SSSR count). The lowest BCUT2D eigenvalue weighted by Gasteiger charge is -2.39. The van der Waals surface area contributed by atoms with Crippen LogP contribution >= 0.6 is 11.6 Å². The van der Waals surface area contributed by atoms with Crippen LogP contribution in [-0.2, 0) is 19.1 Å². The standard InChI is InChI=1S/C25H32ClN3O5/c1-4-13-29-20(16-28-14-11-18(12-15-28)23(30)33-5-2)21(24(31)34-6-3)22(27-25(29)32)17-7-9-19(26)10-8-17/h4,7-10,18,22H,1,5-6,11-16H2,2-3H3,(H,27,32). The minimum Gasteiger partial charge on any atom is -0.466 e. The summed E-state index contributed by atoms with van der Waals surface area (Å²) in [4.78, 5) is 42.1. The van der Waals surface area contributed by atoms with Gasteiger partial charge < -0.3 is 14.8 Å². The Bertz CT molecular complexity index is 938. The summed E-state index contributed by atoms with van der Waals surface area (Å²) in [6, 6.07) is 6.04. The van der Waals surface area contributed by atoms with E-state index in [-0.39, 0.29) is 31.1 Å². The molecular weight excluding hydrogens is 458 g/mol. The Kier molecular flexibility index (Phi) is 9.12. The van der Waals surface area contributed by atoms with E-state index in [4.69, 9.17) is 21.1 Å². The first-order valence-electron chi connectivity index (χ1n) is 11.6. The van der Waals surface area contributed by atoms with Gasteiger partial charge in [0.25, 0.3) is 0 Å². The van der Waals surface area contributed by atoms with Crippen molar-refractivity contribution in [1.82, 2.24) is 15.1 Å². The molecule has 1 saturated heterocycles. The molecule has 2 amide bonds. The van der Waals surface area contributed by atoms with Gasteiger partial charge in [0.15, 0.2) is 0 Å². The molecule has 184 valence electrons. The fraction of sp³-hybridized carbons (Fsp3) is 0.480. The summed E-state index contributed by atoms with van der Waals surface area (Å²) in [5.41, 5.74) is 1.70. The molecule has 1 aromatic carbocycles. The first-order valence-corrected chi connectivity index (χ1v) is 12.0. The zero-order valence-corrected chi connectivity index (χ0v) is 20.5. The molecule has 1 unspecified atom stereocenters. The molecule has 1 N–H and O–H groups in total. The zero-order chi connectivity index (χ0) is 24.7. The average Bonchev–Trinajstić information content (AvgIpc) is 2.82. The second-order valence-electron chi connectivity index (χ2n) is 8.22. The highest BCUT2D eigenvalue weighted by atomic mass is 35.5. The van der Waals surface area contributed by atoms with Crippen LogP contribution < -0.4 is 5.32 Å². The number of urea groups is 1. The van der Waals surface area contributed by atoms with Gasteiger partial charge in [0, 0.05) is 23.8 Å². The number of hydrogen-bond acceptors (Lipinski definition) is 6. The number of piperidine rings is 1. The monoisotopic (exact) mass is 489 g/mol. The Hall–Kier alpha value is -2.84. The topological polar surface area (TPSA) is 88.2 Å². The van der Waals surface area contributed by atoms with Gasteiger partial charge in [0.2, 0.25) is 0 Å². The molecule has 34 heavy (non-hydrogen) atoms. The Morgan fingerprint density at radius 1 is 1.15 bits per heavy atom. The molecule has 1 aromatic rings. The quantitative estimate of drug-likeness (QED) is 0.420. The van der Waals surface area contributed by atoms with E-state index in [9.17, 15) is 14.4 Å². The van der Waals surface area contributed by atoms with Gasteiger partial charge in [-0.15, -0.1) is 6.58 Å². The van der Waals surface area contributed by atoms with Crippen LogP contribution in [-0.4, -0.2) is 67.2 Å². The zero-order valence-electron chi connectivity index (χ0n) is 19.7. The van der Waals surface area contributed by atoms with Crippen molar-refractivity contribution < 1.29 is 23.9 Å². The van der Waals surface area contributed by atoms with Crippen molar-refractivity contribution in [3.63, 3.8) is 0 Å². The third kappa shape index (κ3) is 5.98. The molecule has 0 spiro atoms. The van der Waals surface area contributed by atoms with E-state index >= 15 is 0 Å². The van der Waals surface area contributed by atoms with Crippen LogP contribution in [0.4, 0.5) is 4.79 Å². The average molecular weight is 490 g/mol. The van der Waals surface area contributed by atoms with Crippen molar-refractivity contribution >= 4 is 29.6 Å². The van der Waals surface area contributed by atoms with E-state index in [1.807, 2.05) is 0 Å². The molecule has 0 radical (unpaired) electrons. The summed E-state index contributed by atoms with van der Waals surface area (Å²) in [6.07, 6.45) is 2.95. The summed E-state index contributed by atoms with van der Waals surface area (Å²) < 4.78 is 10.6. The normalized spacial score (nSPS) is 19.6. The van der Waals surface area contributed by atoms with E-state index < -0.39 is 12.0 Å². The Balaban J connectivity index is 1.95. The number of hydrogen-bond donors (Lipinski definition) is 1. The molecule has 1 atom stereocenters. The first-order chi connectivity index (χ1) is 16.4. The second-order valence-corrected chi connectivity index (χ2v) is 8.65. The van der Waals surface area contributed by atoms with Crippen LogP contribution in [0.25, 0.3) is 0 Å². The number of carbonyl (C=O) groups is 3. The molecule has 0 saturated carbocycles. The molecule has 2 heterocycles. The van der Waals surface area contributed by atoms with Gasteiger partial charge in [-0.2, -0.15) is 0 Å². The maximum atomic E-state index is 13.2. The molecular formula is C25H32ClN3O5. The van der Waals surface area contributed by atoms with E-state index in [1.54, 1.807) is 44.2 Å². The van der Waals surface area contributed by atoms with E-state index in [0.717, 1.165) is 5.56 Å². The first kappa shape index (κ1) is 25.8. The molecule has 1 fully saturated rings. The van der Waals surface area contributed by atoms with Crippen LogP contribution in [0, 0.1) is 5.92 Å². The number of nitrogens with one attached hydrogen (secondary N) is 1. The van der Waals surface area contributed by atoms with E-state index in [1.165, 1.54) is 4.90 Å². The highest BCUT2D eigenvalue weighted by Gasteiger charge is 2.39. The maximum Gasteiger partial charge on any atom is 0.338 e. The van der Waals surface area contributed by atoms with Gasteiger partial charge in [-0.1, -0.05) is 29.8 Å². The lowest BCUT2D eigenvalue weighted by molar-refractivity contribution is -0.149. The summed E-state index contributed by atoms with van der Waals surface area (Å²) in [5.74, 6) is -0.773. The van der Waals surface area contributed by atoms with E-state index in [2.05, 4.69) is 16.8 Å². The number of benzene rings is 1. The van der Waals surface area contributed by atoms with E-state index in [0.29, 0.717) is 55.4 Å².